The first-order chi connectivity index (χ1) is 8.15. The Bertz CT molecular complexity index is 649. The summed E-state index contributed by atoms with van der Waals surface area (Å²) in [6.45, 7) is 1.93. The molecule has 0 saturated carbocycles. The lowest BCUT2D eigenvalue weighted by atomic mass is 10.2. The van der Waals surface area contributed by atoms with Crippen molar-refractivity contribution >= 4 is 12.2 Å². The number of aromatic nitrogens is 2. The monoisotopic (exact) mass is 245 g/mol. The highest BCUT2D eigenvalue weighted by molar-refractivity contribution is 7.71. The number of aromatic amines is 1. The number of hydrogen-bond donors (Lipinski definition) is 1. The van der Waals surface area contributed by atoms with Gasteiger partial charge in [0, 0.05) is 18.0 Å². The van der Waals surface area contributed by atoms with E-state index in [1.807, 2.05) is 23.8 Å². The highest BCUT2D eigenvalue weighted by Gasteiger charge is 2.08. The third-order valence-electron chi connectivity index (χ3n) is 2.41. The molecule has 0 atom stereocenters. The largest absolute Gasteiger partial charge is 0.495 e. The molecule has 2 rings (SSSR count). The molecule has 0 aliphatic carbocycles. The second kappa shape index (κ2) is 4.44. The van der Waals surface area contributed by atoms with Gasteiger partial charge in [-0.05, 0) is 31.3 Å². The molecule has 0 bridgehead atoms. The van der Waals surface area contributed by atoms with Crippen LogP contribution in [-0.2, 0) is 0 Å². The maximum absolute atomic E-state index is 8.84. The van der Waals surface area contributed by atoms with Gasteiger partial charge in [-0.1, -0.05) is 0 Å². The molecule has 0 amide bonds. The summed E-state index contributed by atoms with van der Waals surface area (Å²) in [7, 11) is 1.57. The van der Waals surface area contributed by atoms with Crippen molar-refractivity contribution < 1.29 is 4.74 Å². The lowest BCUT2D eigenvalue weighted by molar-refractivity contribution is 0.412. The highest BCUT2D eigenvalue weighted by atomic mass is 32.1. The Morgan fingerprint density at radius 3 is 2.76 bits per heavy atom. The predicted molar refractivity (Wildman–Crippen MR) is 67.0 cm³/mol. The number of hydrogen-bond acceptors (Lipinski definition) is 3. The molecule has 1 aromatic heterocycles. The minimum absolute atomic E-state index is 0.560. The number of ether oxygens (including phenoxy) is 1. The number of rotatable bonds is 2. The maximum atomic E-state index is 8.84. The Kier molecular flexibility index (Phi) is 2.98. The average Bonchev–Trinajstić information content (AvgIpc) is 2.67. The number of imidazole rings is 1. The van der Waals surface area contributed by atoms with Crippen LogP contribution < -0.4 is 4.74 Å². The first-order valence-corrected chi connectivity index (χ1v) is 5.43. The highest BCUT2D eigenvalue weighted by Crippen LogP contribution is 2.24. The predicted octanol–water partition coefficient (Wildman–Crippen LogP) is 2.72. The van der Waals surface area contributed by atoms with Crippen molar-refractivity contribution in [3.05, 3.63) is 40.4 Å². The molecule has 0 aliphatic rings. The Labute approximate surface area is 104 Å². The van der Waals surface area contributed by atoms with Crippen LogP contribution in [0.2, 0.25) is 0 Å². The van der Waals surface area contributed by atoms with Crippen molar-refractivity contribution in [2.24, 2.45) is 0 Å². The fourth-order valence-corrected chi connectivity index (χ4v) is 1.95. The Hall–Kier alpha value is -2.06. The number of nitrogens with zero attached hydrogens (tertiary/aromatic N) is 2. The van der Waals surface area contributed by atoms with Crippen molar-refractivity contribution in [1.82, 2.24) is 9.55 Å². The second-order valence-corrected chi connectivity index (χ2v) is 4.00. The molecule has 0 aliphatic heterocycles. The Morgan fingerprint density at radius 2 is 2.24 bits per heavy atom. The van der Waals surface area contributed by atoms with E-state index >= 15 is 0 Å². The van der Waals surface area contributed by atoms with Gasteiger partial charge in [0.2, 0.25) is 0 Å². The number of aryl methyl sites for hydroxylation is 1. The van der Waals surface area contributed by atoms with E-state index in [0.717, 1.165) is 11.4 Å². The molecule has 0 saturated heterocycles. The number of benzene rings is 1. The molecule has 0 unspecified atom stereocenters. The smallest absolute Gasteiger partial charge is 0.182 e. The molecule has 1 heterocycles. The Morgan fingerprint density at radius 1 is 1.47 bits per heavy atom. The number of nitrogens with one attached hydrogen (secondary N) is 1. The van der Waals surface area contributed by atoms with E-state index in [-0.39, 0.29) is 0 Å². The second-order valence-electron chi connectivity index (χ2n) is 3.61. The molecular formula is C12H11N3OS. The first-order valence-electron chi connectivity index (χ1n) is 5.02. The van der Waals surface area contributed by atoms with Crippen molar-refractivity contribution in [1.29, 1.82) is 5.26 Å². The SMILES string of the molecule is COc1cc(C#N)ccc1-n1cc(C)[nH]c1=S. The zero-order chi connectivity index (χ0) is 12.4. The molecule has 0 radical (unpaired) electrons. The molecular weight excluding hydrogens is 234 g/mol. The third kappa shape index (κ3) is 2.08. The van der Waals surface area contributed by atoms with Gasteiger partial charge >= 0.3 is 0 Å². The summed E-state index contributed by atoms with van der Waals surface area (Å²) < 4.78 is 7.70. The third-order valence-corrected chi connectivity index (χ3v) is 2.71. The van der Waals surface area contributed by atoms with Gasteiger partial charge in [0.15, 0.2) is 4.77 Å². The van der Waals surface area contributed by atoms with E-state index in [4.69, 9.17) is 22.2 Å². The van der Waals surface area contributed by atoms with Gasteiger partial charge in [-0.3, -0.25) is 4.57 Å². The van der Waals surface area contributed by atoms with Crippen LogP contribution in [0.5, 0.6) is 5.75 Å². The lowest BCUT2D eigenvalue weighted by Gasteiger charge is -2.09. The quantitative estimate of drug-likeness (QED) is 0.828. The maximum Gasteiger partial charge on any atom is 0.182 e. The molecule has 1 N–H and O–H groups in total. The van der Waals surface area contributed by atoms with E-state index in [0.29, 0.717) is 16.1 Å². The van der Waals surface area contributed by atoms with Crippen LogP contribution in [0.15, 0.2) is 24.4 Å². The average molecular weight is 245 g/mol. The van der Waals surface area contributed by atoms with Gasteiger partial charge in [0.25, 0.3) is 0 Å². The fourth-order valence-electron chi connectivity index (χ4n) is 1.64. The van der Waals surface area contributed by atoms with Crippen molar-refractivity contribution in [2.75, 3.05) is 7.11 Å². The molecule has 1 aromatic carbocycles. The van der Waals surface area contributed by atoms with E-state index in [9.17, 15) is 0 Å². The summed E-state index contributed by atoms with van der Waals surface area (Å²) in [6.07, 6.45) is 1.90. The standard InChI is InChI=1S/C12H11N3OS/c1-8-7-15(12(17)14-8)10-4-3-9(6-13)5-11(10)16-2/h3-5,7H,1-2H3,(H,14,17). The van der Waals surface area contributed by atoms with Crippen molar-refractivity contribution in [3.8, 4) is 17.5 Å². The van der Waals surface area contributed by atoms with Gasteiger partial charge in [-0.25, -0.2) is 0 Å². The summed E-state index contributed by atoms with van der Waals surface area (Å²) >= 11 is 5.21. The lowest BCUT2D eigenvalue weighted by Crippen LogP contribution is -1.97. The van der Waals surface area contributed by atoms with Gasteiger partial charge < -0.3 is 9.72 Å². The van der Waals surface area contributed by atoms with Crippen LogP contribution in [-0.4, -0.2) is 16.7 Å². The minimum atomic E-state index is 0.560. The van der Waals surface area contributed by atoms with E-state index in [1.54, 1.807) is 19.2 Å². The summed E-state index contributed by atoms with van der Waals surface area (Å²) in [4.78, 5) is 3.04. The molecule has 0 spiro atoms. The fraction of sp³-hybridized carbons (Fsp3) is 0.167. The summed E-state index contributed by atoms with van der Waals surface area (Å²) in [5.41, 5.74) is 2.35. The molecule has 2 aromatic rings. The van der Waals surface area contributed by atoms with Crippen LogP contribution in [0.4, 0.5) is 0 Å². The summed E-state index contributed by atoms with van der Waals surface area (Å²) in [5, 5.41) is 8.84. The topological polar surface area (TPSA) is 53.7 Å². The van der Waals surface area contributed by atoms with Crippen molar-refractivity contribution in [2.45, 2.75) is 6.92 Å². The number of methoxy groups -OCH3 is 1. The zero-order valence-electron chi connectivity index (χ0n) is 9.52. The van der Waals surface area contributed by atoms with Crippen LogP contribution in [0.3, 0.4) is 0 Å². The van der Waals surface area contributed by atoms with E-state index in [2.05, 4.69) is 11.1 Å². The number of nitriles is 1. The number of H-pyrrole nitrogens is 1. The van der Waals surface area contributed by atoms with Crippen LogP contribution >= 0.6 is 12.2 Å². The van der Waals surface area contributed by atoms with Crippen LogP contribution in [0, 0.1) is 23.0 Å². The van der Waals surface area contributed by atoms with Gasteiger partial charge in [0.05, 0.1) is 24.4 Å². The first kappa shape index (κ1) is 11.4. The van der Waals surface area contributed by atoms with Gasteiger partial charge in [-0.2, -0.15) is 5.26 Å². The zero-order valence-corrected chi connectivity index (χ0v) is 10.3. The molecule has 17 heavy (non-hydrogen) atoms. The summed E-state index contributed by atoms with van der Waals surface area (Å²) in [6, 6.07) is 7.33. The summed E-state index contributed by atoms with van der Waals surface area (Å²) in [5.74, 6) is 0.624. The molecule has 4 nitrogen and oxygen atoms in total. The van der Waals surface area contributed by atoms with E-state index < -0.39 is 0 Å². The Balaban J connectivity index is 2.64. The van der Waals surface area contributed by atoms with Gasteiger partial charge in [0.1, 0.15) is 5.75 Å². The van der Waals surface area contributed by atoms with Gasteiger partial charge in [-0.15, -0.1) is 0 Å². The molecule has 0 fully saturated rings. The molecule has 5 heteroatoms. The van der Waals surface area contributed by atoms with Crippen molar-refractivity contribution in [3.63, 3.8) is 0 Å². The van der Waals surface area contributed by atoms with Crippen LogP contribution in [0.25, 0.3) is 5.69 Å². The normalized spacial score (nSPS) is 9.94. The van der Waals surface area contributed by atoms with Crippen LogP contribution in [0.1, 0.15) is 11.3 Å². The molecule has 86 valence electrons. The van der Waals surface area contributed by atoms with E-state index in [1.165, 1.54) is 0 Å². The minimum Gasteiger partial charge on any atom is -0.495 e.